The number of Topliss-reactive ketones (excluding diaryl/α,β-unsaturated/α-hetero) is 1. The number of carbonyl (C=O) groups is 1. The maximum atomic E-state index is 13.1. The molecule has 0 rings (SSSR count). The summed E-state index contributed by atoms with van der Waals surface area (Å²) in [6.45, 7) is 3.01. The van der Waals surface area contributed by atoms with Crippen LogP contribution in [0.15, 0.2) is 0 Å². The molecule has 0 aliphatic carbocycles. The van der Waals surface area contributed by atoms with Crippen molar-refractivity contribution in [2.45, 2.75) is 26.4 Å². The first-order valence-electron chi connectivity index (χ1n) is 4.09. The first kappa shape index (κ1) is 13.7. The monoisotopic (exact) mass is 230 g/mol. The summed E-state index contributed by atoms with van der Waals surface area (Å²) in [6.07, 6.45) is 0. The molecule has 0 amide bonds. The number of carbonyl (C=O) groups excluding carboxylic acids is 1. The third kappa shape index (κ3) is 2.59. The van der Waals surface area contributed by atoms with Crippen LogP contribution >= 0.6 is 7.60 Å². The molecule has 0 atom stereocenters. The van der Waals surface area contributed by atoms with Crippen molar-refractivity contribution in [2.24, 2.45) is 0 Å². The summed E-state index contributed by atoms with van der Waals surface area (Å²) < 4.78 is 46.4. The molecule has 0 heterocycles. The predicted molar refractivity (Wildman–Crippen MR) is 46.5 cm³/mol. The van der Waals surface area contributed by atoms with Gasteiger partial charge in [0.15, 0.2) is 0 Å². The molecule has 0 fully saturated rings. The van der Waals surface area contributed by atoms with Crippen LogP contribution in [-0.4, -0.2) is 24.7 Å². The summed E-state index contributed by atoms with van der Waals surface area (Å²) in [7, 11) is -4.66. The van der Waals surface area contributed by atoms with Gasteiger partial charge in [0.1, 0.15) is 0 Å². The molecule has 84 valence electrons. The van der Waals surface area contributed by atoms with E-state index < -0.39 is 19.0 Å². The fourth-order valence-electron chi connectivity index (χ4n) is 0.732. The Kier molecular flexibility index (Phi) is 4.84. The van der Waals surface area contributed by atoms with Crippen molar-refractivity contribution < 1.29 is 27.2 Å². The average molecular weight is 230 g/mol. The van der Waals surface area contributed by atoms with E-state index in [0.29, 0.717) is 6.92 Å². The van der Waals surface area contributed by atoms with Crippen LogP contribution in [0.25, 0.3) is 0 Å². The topological polar surface area (TPSA) is 52.6 Å². The normalized spacial score (nSPS) is 12.9. The van der Waals surface area contributed by atoms with E-state index in [1.165, 1.54) is 13.8 Å². The molecule has 0 aromatic carbocycles. The van der Waals surface area contributed by atoms with Gasteiger partial charge in [-0.2, -0.15) is 8.78 Å². The second kappa shape index (κ2) is 4.96. The van der Waals surface area contributed by atoms with Gasteiger partial charge in [-0.25, -0.2) is 0 Å². The standard InChI is InChI=1S/C7H13F2O4P/c1-4-12-14(11,13-5-2)7(8,9)6(3)10/h4-5H2,1-3H3. The summed E-state index contributed by atoms with van der Waals surface area (Å²) >= 11 is 0. The molecule has 0 saturated heterocycles. The minimum atomic E-state index is -4.66. The lowest BCUT2D eigenvalue weighted by molar-refractivity contribution is -0.133. The smallest absolute Gasteiger partial charge is 0.304 e. The maximum absolute atomic E-state index is 13.1. The zero-order chi connectivity index (χ0) is 11.4. The van der Waals surface area contributed by atoms with Crippen LogP contribution in [0.4, 0.5) is 8.78 Å². The molecular formula is C7H13F2O4P. The quantitative estimate of drug-likeness (QED) is 0.657. The van der Waals surface area contributed by atoms with Gasteiger partial charge in [0.05, 0.1) is 13.2 Å². The van der Waals surface area contributed by atoms with Crippen molar-refractivity contribution in [3.63, 3.8) is 0 Å². The van der Waals surface area contributed by atoms with E-state index in [0.717, 1.165) is 0 Å². The second-order valence-corrected chi connectivity index (χ2v) is 4.50. The van der Waals surface area contributed by atoms with Gasteiger partial charge in [-0.05, 0) is 13.8 Å². The Morgan fingerprint density at radius 1 is 1.29 bits per heavy atom. The van der Waals surface area contributed by atoms with Crippen LogP contribution in [0.3, 0.4) is 0 Å². The highest BCUT2D eigenvalue weighted by Gasteiger charge is 2.57. The Balaban J connectivity index is 4.99. The summed E-state index contributed by atoms with van der Waals surface area (Å²) in [5.74, 6) is -1.53. The van der Waals surface area contributed by atoms with Crippen LogP contribution in [-0.2, 0) is 18.4 Å². The molecule has 0 N–H and O–H groups in total. The number of rotatable bonds is 6. The van der Waals surface area contributed by atoms with Gasteiger partial charge in [-0.3, -0.25) is 9.36 Å². The Hall–Kier alpha value is -0.320. The lowest BCUT2D eigenvalue weighted by Gasteiger charge is -2.23. The summed E-state index contributed by atoms with van der Waals surface area (Å²) in [4.78, 5) is 10.6. The molecule has 0 aromatic heterocycles. The number of alkyl halides is 2. The molecule has 14 heavy (non-hydrogen) atoms. The predicted octanol–water partition coefficient (Wildman–Crippen LogP) is 2.43. The SMILES string of the molecule is CCOP(=O)(OCC)C(F)(F)C(C)=O. The number of halogens is 2. The third-order valence-corrected chi connectivity index (χ3v) is 3.56. The maximum Gasteiger partial charge on any atom is 0.407 e. The largest absolute Gasteiger partial charge is 0.407 e. The lowest BCUT2D eigenvalue weighted by Crippen LogP contribution is -2.28. The Labute approximate surface area is 81.1 Å². The van der Waals surface area contributed by atoms with Crippen LogP contribution in [0.1, 0.15) is 20.8 Å². The zero-order valence-electron chi connectivity index (χ0n) is 8.25. The van der Waals surface area contributed by atoms with Gasteiger partial charge in [-0.1, -0.05) is 0 Å². The van der Waals surface area contributed by atoms with E-state index >= 15 is 0 Å². The number of ketones is 1. The van der Waals surface area contributed by atoms with Gasteiger partial charge in [0.25, 0.3) is 0 Å². The minimum absolute atomic E-state index is 0.208. The summed E-state index contributed by atoms with van der Waals surface area (Å²) in [6, 6.07) is 0. The molecule has 0 radical (unpaired) electrons. The highest BCUT2D eigenvalue weighted by atomic mass is 31.2. The molecule has 7 heteroatoms. The Bertz CT molecular complexity index is 244. The minimum Gasteiger partial charge on any atom is -0.304 e. The average Bonchev–Trinajstić information content (AvgIpc) is 2.04. The molecule has 0 aliphatic rings. The van der Waals surface area contributed by atoms with E-state index in [1.54, 1.807) is 0 Å². The van der Waals surface area contributed by atoms with Crippen molar-refractivity contribution >= 4 is 13.4 Å². The Morgan fingerprint density at radius 2 is 1.64 bits per heavy atom. The van der Waals surface area contributed by atoms with Gasteiger partial charge < -0.3 is 9.05 Å². The molecule has 4 nitrogen and oxygen atoms in total. The highest BCUT2D eigenvalue weighted by molar-refractivity contribution is 7.56. The number of hydrogen-bond acceptors (Lipinski definition) is 4. The van der Waals surface area contributed by atoms with Crippen molar-refractivity contribution in [3.8, 4) is 0 Å². The molecule has 0 spiro atoms. The van der Waals surface area contributed by atoms with E-state index in [-0.39, 0.29) is 13.2 Å². The summed E-state index contributed by atoms with van der Waals surface area (Å²) in [5, 5.41) is 0. The highest BCUT2D eigenvalue weighted by Crippen LogP contribution is 2.62. The van der Waals surface area contributed by atoms with E-state index in [1.807, 2.05) is 0 Å². The first-order chi connectivity index (χ1) is 6.31. The molecular weight excluding hydrogens is 217 g/mol. The van der Waals surface area contributed by atoms with Crippen LogP contribution in [0.2, 0.25) is 0 Å². The Morgan fingerprint density at radius 3 is 1.86 bits per heavy atom. The second-order valence-electron chi connectivity index (χ2n) is 2.43. The van der Waals surface area contributed by atoms with Crippen molar-refractivity contribution in [1.82, 2.24) is 0 Å². The van der Waals surface area contributed by atoms with Gasteiger partial charge in [0.2, 0.25) is 5.78 Å². The van der Waals surface area contributed by atoms with Gasteiger partial charge in [0, 0.05) is 6.92 Å². The molecule has 0 unspecified atom stereocenters. The molecule has 0 bridgehead atoms. The van der Waals surface area contributed by atoms with Crippen LogP contribution < -0.4 is 0 Å². The van der Waals surface area contributed by atoms with Crippen molar-refractivity contribution in [3.05, 3.63) is 0 Å². The van der Waals surface area contributed by atoms with Crippen molar-refractivity contribution in [1.29, 1.82) is 0 Å². The fraction of sp³-hybridized carbons (Fsp3) is 0.857. The van der Waals surface area contributed by atoms with Crippen LogP contribution in [0.5, 0.6) is 0 Å². The van der Waals surface area contributed by atoms with Gasteiger partial charge in [-0.15, -0.1) is 0 Å². The lowest BCUT2D eigenvalue weighted by atomic mass is 10.5. The van der Waals surface area contributed by atoms with Crippen LogP contribution in [0, 0.1) is 0 Å². The number of hydrogen-bond donors (Lipinski definition) is 0. The van der Waals surface area contributed by atoms with Gasteiger partial charge >= 0.3 is 13.3 Å². The molecule has 0 aliphatic heterocycles. The first-order valence-corrected chi connectivity index (χ1v) is 5.64. The molecule has 0 aromatic rings. The van der Waals surface area contributed by atoms with Crippen molar-refractivity contribution in [2.75, 3.05) is 13.2 Å². The van der Waals surface area contributed by atoms with E-state index in [4.69, 9.17) is 0 Å². The third-order valence-electron chi connectivity index (χ3n) is 1.37. The van der Waals surface area contributed by atoms with E-state index in [9.17, 15) is 18.1 Å². The summed E-state index contributed by atoms with van der Waals surface area (Å²) in [5.41, 5.74) is -4.07. The zero-order valence-corrected chi connectivity index (χ0v) is 9.14. The fourth-order valence-corrected chi connectivity index (χ4v) is 2.20. The van der Waals surface area contributed by atoms with E-state index in [2.05, 4.69) is 9.05 Å². The molecule has 0 saturated carbocycles.